The number of fused-ring (bicyclic) bond motifs is 1. The summed E-state index contributed by atoms with van der Waals surface area (Å²) in [4.78, 5) is 1.29. The van der Waals surface area contributed by atoms with Crippen LogP contribution >= 0.6 is 0 Å². The molecule has 2 aromatic carbocycles. The molecule has 0 amide bonds. The predicted octanol–water partition coefficient (Wildman–Crippen LogP) is 8.82. The summed E-state index contributed by atoms with van der Waals surface area (Å²) in [6.07, 6.45) is -7.79. The highest BCUT2D eigenvalue weighted by molar-refractivity contribution is 5.52. The molecule has 0 saturated carbocycles. The number of halogens is 17. The average molecular weight is 643 g/mol. The van der Waals surface area contributed by atoms with Crippen LogP contribution in [0.25, 0.3) is 0 Å². The Morgan fingerprint density at radius 1 is 0.571 bits per heavy atom. The van der Waals surface area contributed by atoms with Crippen LogP contribution in [0.3, 0.4) is 0 Å². The first-order valence-electron chi connectivity index (χ1n) is 11.0. The number of nitrogens with zero attached hydrogens (tertiary/aromatic N) is 1. The molecule has 3 rings (SSSR count). The monoisotopic (exact) mass is 643 g/mol. The van der Waals surface area contributed by atoms with Crippen LogP contribution in [0.15, 0.2) is 42.5 Å². The Labute approximate surface area is 223 Å². The first-order chi connectivity index (χ1) is 18.7. The number of hydrogen-bond acceptors (Lipinski definition) is 2. The van der Waals surface area contributed by atoms with Gasteiger partial charge in [0, 0.05) is 23.4 Å². The minimum absolute atomic E-state index is 0.0268. The maximum atomic E-state index is 14.5. The Kier molecular flexibility index (Phi) is 7.69. The van der Waals surface area contributed by atoms with Crippen molar-refractivity contribution in [1.82, 2.24) is 0 Å². The van der Waals surface area contributed by atoms with E-state index < -0.39 is 53.2 Å². The molecule has 0 radical (unpaired) electrons. The zero-order valence-electron chi connectivity index (χ0n) is 20.2. The van der Waals surface area contributed by atoms with Crippen LogP contribution in [0, 0.1) is 6.92 Å². The smallest absolute Gasteiger partial charge is 0.460 e. The van der Waals surface area contributed by atoms with Gasteiger partial charge in [0.25, 0.3) is 0 Å². The third kappa shape index (κ3) is 4.57. The Balaban J connectivity index is 1.97. The van der Waals surface area contributed by atoms with Crippen LogP contribution in [0.1, 0.15) is 16.7 Å². The van der Waals surface area contributed by atoms with Crippen molar-refractivity contribution in [2.45, 2.75) is 61.1 Å². The highest BCUT2D eigenvalue weighted by atomic mass is 19.4. The molecule has 0 unspecified atom stereocenters. The molecule has 236 valence electrons. The van der Waals surface area contributed by atoms with Gasteiger partial charge in [0.15, 0.2) is 6.73 Å². The first kappa shape index (κ1) is 33.4. The van der Waals surface area contributed by atoms with E-state index in [1.165, 1.54) is 4.90 Å². The Morgan fingerprint density at radius 3 is 1.50 bits per heavy atom. The van der Waals surface area contributed by atoms with Gasteiger partial charge in [0.1, 0.15) is 5.75 Å². The summed E-state index contributed by atoms with van der Waals surface area (Å²) in [5, 5.41) is 0. The number of benzene rings is 2. The molecule has 0 aliphatic carbocycles. The molecule has 1 aliphatic rings. The van der Waals surface area contributed by atoms with Crippen molar-refractivity contribution in [1.29, 1.82) is 0 Å². The molecular formula is C23H14F17NO. The fourth-order valence-electron chi connectivity index (χ4n) is 3.76. The van der Waals surface area contributed by atoms with Gasteiger partial charge >= 0.3 is 47.6 Å². The Morgan fingerprint density at radius 2 is 1.02 bits per heavy atom. The number of ether oxygens (including phenoxy) is 1. The van der Waals surface area contributed by atoms with Crippen LogP contribution < -0.4 is 9.64 Å². The summed E-state index contributed by atoms with van der Waals surface area (Å²) in [6, 6.07) is 5.95. The third-order valence-corrected chi connectivity index (χ3v) is 6.27. The van der Waals surface area contributed by atoms with Crippen LogP contribution in [-0.4, -0.2) is 48.4 Å². The molecule has 42 heavy (non-hydrogen) atoms. The minimum atomic E-state index is -8.66. The Hall–Kier alpha value is -3.15. The molecule has 2 nitrogen and oxygen atoms in total. The molecular weight excluding hydrogens is 629 g/mol. The Bertz CT molecular complexity index is 1300. The van der Waals surface area contributed by atoms with Crippen molar-refractivity contribution in [3.8, 4) is 5.75 Å². The van der Waals surface area contributed by atoms with Gasteiger partial charge in [-0.25, -0.2) is 0 Å². The number of anilines is 1. The summed E-state index contributed by atoms with van der Waals surface area (Å²) in [7, 11) is 0. The minimum Gasteiger partial charge on any atom is -0.473 e. The van der Waals surface area contributed by atoms with Gasteiger partial charge in [0.05, 0.1) is 0 Å². The molecule has 0 spiro atoms. The van der Waals surface area contributed by atoms with Crippen LogP contribution in [0.2, 0.25) is 0 Å². The van der Waals surface area contributed by atoms with Crippen LogP contribution in [-0.2, 0) is 12.5 Å². The lowest BCUT2D eigenvalue weighted by Gasteiger charge is -2.42. The fourth-order valence-corrected chi connectivity index (χ4v) is 3.76. The molecule has 19 heteroatoms. The molecule has 0 aromatic heterocycles. The van der Waals surface area contributed by atoms with Crippen molar-refractivity contribution in [2.75, 3.05) is 11.6 Å². The van der Waals surface area contributed by atoms with Crippen LogP contribution in [0.5, 0.6) is 5.75 Å². The van der Waals surface area contributed by atoms with E-state index in [1.54, 1.807) is 25.1 Å². The van der Waals surface area contributed by atoms with Crippen molar-refractivity contribution in [2.24, 2.45) is 0 Å². The molecule has 0 N–H and O–H groups in total. The second kappa shape index (κ2) is 9.68. The lowest BCUT2D eigenvalue weighted by Crippen LogP contribution is -2.74. The second-order valence-electron chi connectivity index (χ2n) is 9.15. The number of hydrogen-bond donors (Lipinski definition) is 0. The van der Waals surface area contributed by atoms with E-state index in [9.17, 15) is 74.6 Å². The highest BCUT2D eigenvalue weighted by Crippen LogP contribution is 2.65. The SMILES string of the molecule is Cc1ccc2c(c1)CN(c1ccc(C(F)(F)C(F)(F)C(F)(F)C(F)(F)C(F)(F)C(F)(F)C(F)(F)C(F)(F)F)cc1)CO2. The van der Waals surface area contributed by atoms with Gasteiger partial charge in [-0.2, -0.15) is 74.6 Å². The van der Waals surface area contributed by atoms with E-state index in [0.717, 1.165) is 5.56 Å². The van der Waals surface area contributed by atoms with E-state index in [0.29, 0.717) is 23.4 Å². The zero-order valence-corrected chi connectivity index (χ0v) is 20.2. The molecule has 2 aromatic rings. The topological polar surface area (TPSA) is 12.5 Å². The zero-order chi connectivity index (χ0) is 32.5. The van der Waals surface area contributed by atoms with Gasteiger partial charge in [-0.3, -0.25) is 0 Å². The van der Waals surface area contributed by atoms with E-state index in [4.69, 9.17) is 4.74 Å². The average Bonchev–Trinajstić information content (AvgIpc) is 2.86. The third-order valence-electron chi connectivity index (χ3n) is 6.27. The summed E-state index contributed by atoms with van der Waals surface area (Å²) in [6.45, 7) is 1.46. The standard InChI is InChI=1S/C23H14F17NO/c1-11-2-7-15-12(8-11)9-41(10-42-15)14-5-3-13(4-6-14)16(24,25)17(26,27)18(28,29)19(30,31)20(32,33)21(34,35)22(36,37)23(38,39)40/h2-8H,9-10H2,1H3. The summed E-state index contributed by atoms with van der Waals surface area (Å²) in [5.74, 6) is -56.3. The van der Waals surface area contributed by atoms with E-state index in [1.807, 2.05) is 0 Å². The maximum Gasteiger partial charge on any atom is 0.460 e. The molecule has 0 bridgehead atoms. The van der Waals surface area contributed by atoms with Crippen molar-refractivity contribution in [3.63, 3.8) is 0 Å². The lowest BCUT2D eigenvalue weighted by molar-refractivity contribution is -0.462. The second-order valence-corrected chi connectivity index (χ2v) is 9.15. The van der Waals surface area contributed by atoms with Crippen LogP contribution in [0.4, 0.5) is 80.3 Å². The van der Waals surface area contributed by atoms with Gasteiger partial charge in [-0.05, 0) is 25.1 Å². The summed E-state index contributed by atoms with van der Waals surface area (Å²) in [5.41, 5.74) is -1.06. The predicted molar refractivity (Wildman–Crippen MR) is 109 cm³/mol. The maximum absolute atomic E-state index is 14.5. The van der Waals surface area contributed by atoms with E-state index in [2.05, 4.69) is 0 Å². The highest BCUT2D eigenvalue weighted by Gasteiger charge is 2.95. The number of aryl methyl sites for hydroxylation is 1. The quantitative estimate of drug-likeness (QED) is 0.267. The number of alkyl halides is 17. The summed E-state index contributed by atoms with van der Waals surface area (Å²) < 4.78 is 235. The molecule has 0 atom stereocenters. The molecule has 0 fully saturated rings. The van der Waals surface area contributed by atoms with Gasteiger partial charge in [0.2, 0.25) is 0 Å². The normalized spacial score (nSPS) is 16.3. The van der Waals surface area contributed by atoms with E-state index >= 15 is 0 Å². The van der Waals surface area contributed by atoms with Crippen molar-refractivity contribution < 1.29 is 79.4 Å². The van der Waals surface area contributed by atoms with Gasteiger partial charge in [-0.15, -0.1) is 0 Å². The molecule has 1 aliphatic heterocycles. The molecule has 1 heterocycles. The van der Waals surface area contributed by atoms with E-state index in [-0.39, 0.29) is 31.1 Å². The van der Waals surface area contributed by atoms with Crippen molar-refractivity contribution >= 4 is 5.69 Å². The first-order valence-corrected chi connectivity index (χ1v) is 11.0. The largest absolute Gasteiger partial charge is 0.473 e. The van der Waals surface area contributed by atoms with Gasteiger partial charge < -0.3 is 9.64 Å². The number of rotatable bonds is 8. The molecule has 0 saturated heterocycles. The summed E-state index contributed by atoms with van der Waals surface area (Å²) >= 11 is 0. The fraction of sp³-hybridized carbons (Fsp3) is 0.478. The lowest BCUT2D eigenvalue weighted by atomic mass is 9.87. The van der Waals surface area contributed by atoms with Gasteiger partial charge in [-0.1, -0.05) is 29.8 Å². The van der Waals surface area contributed by atoms with Crippen molar-refractivity contribution in [3.05, 3.63) is 59.2 Å².